The Morgan fingerprint density at radius 2 is 2.32 bits per heavy atom. The molecule has 0 spiro atoms. The van der Waals surface area contributed by atoms with Crippen molar-refractivity contribution in [3.63, 3.8) is 0 Å². The Hall–Kier alpha value is -2.05. The van der Waals surface area contributed by atoms with Crippen molar-refractivity contribution in [2.45, 2.75) is 18.9 Å². The fraction of sp³-hybridized carbons (Fsp3) is 0.444. The molecule has 0 aromatic rings. The quantitative estimate of drug-likeness (QED) is 0.532. The van der Waals surface area contributed by atoms with Gasteiger partial charge >= 0.3 is 0 Å². The molecule has 25 heavy (non-hydrogen) atoms. The number of ether oxygens (including phenoxy) is 1. The highest BCUT2D eigenvalue weighted by molar-refractivity contribution is 6.31. The van der Waals surface area contributed by atoms with Gasteiger partial charge in [0.1, 0.15) is 5.03 Å². The van der Waals surface area contributed by atoms with Gasteiger partial charge in [0.2, 0.25) is 5.88 Å². The summed E-state index contributed by atoms with van der Waals surface area (Å²) < 4.78 is 5.83. The minimum atomic E-state index is -0.334. The molecule has 1 aliphatic carbocycles. The molecule has 0 radical (unpaired) electrons. The molecular formula is C18H23ClN4O2. The minimum absolute atomic E-state index is 0.334. The molecule has 2 heterocycles. The van der Waals surface area contributed by atoms with Crippen LogP contribution in [0, 0.1) is 5.92 Å². The first-order valence-corrected chi connectivity index (χ1v) is 8.77. The number of dihydropyridines is 1. The summed E-state index contributed by atoms with van der Waals surface area (Å²) in [4.78, 5) is 17.5. The minimum Gasteiger partial charge on any atom is -0.478 e. The molecule has 0 saturated heterocycles. The molecule has 0 amide bonds. The van der Waals surface area contributed by atoms with Crippen molar-refractivity contribution in [3.05, 3.63) is 46.1 Å². The third-order valence-corrected chi connectivity index (χ3v) is 4.60. The smallest absolute Gasteiger partial charge is 0.208 e. The lowest BCUT2D eigenvalue weighted by Gasteiger charge is -2.28. The predicted molar refractivity (Wildman–Crippen MR) is 99.0 cm³/mol. The number of allylic oxidation sites excluding steroid dienone is 3. The van der Waals surface area contributed by atoms with Crippen LogP contribution in [0.25, 0.3) is 0 Å². The van der Waals surface area contributed by atoms with Crippen LogP contribution in [0.2, 0.25) is 0 Å². The number of halogens is 1. The molecule has 3 rings (SSSR count). The average molecular weight is 363 g/mol. The SMILES string of the molecule is CN1CC(CN=CC2=C(C=O)NC=CC2N)=CC(Cl)=C1OCC1CC1. The number of aliphatic imine (C=N–C) groups is 1. The second kappa shape index (κ2) is 7.89. The van der Waals surface area contributed by atoms with Crippen molar-refractivity contribution in [2.75, 3.05) is 26.7 Å². The Morgan fingerprint density at radius 1 is 1.52 bits per heavy atom. The van der Waals surface area contributed by atoms with Crippen molar-refractivity contribution in [3.8, 4) is 0 Å². The number of nitrogens with two attached hydrogens (primary N) is 1. The van der Waals surface area contributed by atoms with Crippen LogP contribution >= 0.6 is 11.6 Å². The highest BCUT2D eigenvalue weighted by Crippen LogP contribution is 2.31. The molecular weight excluding hydrogens is 340 g/mol. The standard InChI is InChI=1S/C18H23ClN4O2/c1-23-9-13(6-15(19)18(23)25-11-12-2-3-12)7-21-8-14-16(20)4-5-22-17(14)10-24/h4-6,8,10,12,16,22H,2-3,7,9,11,20H2,1H3. The number of carbonyl (C=O) groups is 1. The third-order valence-electron chi connectivity index (χ3n) is 4.33. The molecule has 3 aliphatic rings. The van der Waals surface area contributed by atoms with Crippen LogP contribution in [-0.4, -0.2) is 50.2 Å². The number of aldehydes is 1. The molecule has 6 nitrogen and oxygen atoms in total. The number of nitrogens with one attached hydrogen (secondary N) is 1. The van der Waals surface area contributed by atoms with Crippen LogP contribution in [-0.2, 0) is 9.53 Å². The lowest BCUT2D eigenvalue weighted by molar-refractivity contribution is -0.105. The zero-order valence-corrected chi connectivity index (χ0v) is 15.0. The molecule has 1 unspecified atom stereocenters. The number of rotatable bonds is 7. The van der Waals surface area contributed by atoms with E-state index in [1.807, 2.05) is 18.0 Å². The molecule has 0 aromatic heterocycles. The molecule has 1 atom stereocenters. The molecule has 2 aliphatic heterocycles. The Kier molecular flexibility index (Phi) is 5.60. The van der Waals surface area contributed by atoms with E-state index in [1.165, 1.54) is 12.8 Å². The van der Waals surface area contributed by atoms with E-state index in [1.54, 1.807) is 18.5 Å². The molecule has 3 N–H and O–H groups in total. The normalized spacial score (nSPS) is 23.9. The van der Waals surface area contributed by atoms with E-state index in [4.69, 9.17) is 22.1 Å². The highest BCUT2D eigenvalue weighted by atomic mass is 35.5. The first-order valence-electron chi connectivity index (χ1n) is 8.39. The van der Waals surface area contributed by atoms with Gasteiger partial charge < -0.3 is 20.7 Å². The van der Waals surface area contributed by atoms with Gasteiger partial charge in [0.05, 0.1) is 24.9 Å². The van der Waals surface area contributed by atoms with Crippen LogP contribution in [0.5, 0.6) is 0 Å². The molecule has 7 heteroatoms. The number of carbonyl (C=O) groups excluding carboxylic acids is 1. The number of hydrogen-bond donors (Lipinski definition) is 2. The van der Waals surface area contributed by atoms with Crippen molar-refractivity contribution >= 4 is 24.1 Å². The van der Waals surface area contributed by atoms with Crippen LogP contribution in [0.15, 0.2) is 51.1 Å². The molecule has 0 bridgehead atoms. The highest BCUT2D eigenvalue weighted by Gasteiger charge is 2.25. The maximum atomic E-state index is 11.1. The lowest BCUT2D eigenvalue weighted by Crippen LogP contribution is -2.30. The van der Waals surface area contributed by atoms with Gasteiger partial charge in [-0.05, 0) is 42.7 Å². The number of nitrogens with zero attached hydrogens (tertiary/aromatic N) is 2. The van der Waals surface area contributed by atoms with Crippen molar-refractivity contribution in [2.24, 2.45) is 16.6 Å². The zero-order chi connectivity index (χ0) is 17.8. The van der Waals surface area contributed by atoms with E-state index in [9.17, 15) is 4.79 Å². The summed E-state index contributed by atoms with van der Waals surface area (Å²) in [5.41, 5.74) is 8.18. The van der Waals surface area contributed by atoms with Crippen LogP contribution < -0.4 is 11.1 Å². The van der Waals surface area contributed by atoms with Crippen molar-refractivity contribution in [1.29, 1.82) is 0 Å². The van der Waals surface area contributed by atoms with Gasteiger partial charge in [-0.15, -0.1) is 0 Å². The topological polar surface area (TPSA) is 80.0 Å². The zero-order valence-electron chi connectivity index (χ0n) is 14.2. The second-order valence-electron chi connectivity index (χ2n) is 6.55. The number of hydrogen-bond acceptors (Lipinski definition) is 6. The van der Waals surface area contributed by atoms with Gasteiger partial charge in [0.25, 0.3) is 0 Å². The van der Waals surface area contributed by atoms with Gasteiger partial charge in [-0.3, -0.25) is 9.79 Å². The van der Waals surface area contributed by atoms with Gasteiger partial charge in [0.15, 0.2) is 6.29 Å². The monoisotopic (exact) mass is 362 g/mol. The Labute approximate surface area is 152 Å². The number of likely N-dealkylation sites (N-methyl/N-ethyl adjacent to an activating group) is 1. The van der Waals surface area contributed by atoms with Crippen LogP contribution in [0.3, 0.4) is 0 Å². The predicted octanol–water partition coefficient (Wildman–Crippen LogP) is 1.66. The summed E-state index contributed by atoms with van der Waals surface area (Å²) in [6, 6.07) is -0.334. The van der Waals surface area contributed by atoms with Crippen molar-refractivity contribution in [1.82, 2.24) is 10.2 Å². The van der Waals surface area contributed by atoms with E-state index in [0.717, 1.165) is 24.3 Å². The summed E-state index contributed by atoms with van der Waals surface area (Å²) in [7, 11) is 1.96. The summed E-state index contributed by atoms with van der Waals surface area (Å²) >= 11 is 6.36. The van der Waals surface area contributed by atoms with Gasteiger partial charge in [-0.25, -0.2) is 0 Å². The Bertz CT molecular complexity index is 689. The van der Waals surface area contributed by atoms with E-state index >= 15 is 0 Å². The summed E-state index contributed by atoms with van der Waals surface area (Å²) in [6.07, 6.45) is 10.3. The largest absolute Gasteiger partial charge is 0.478 e. The third kappa shape index (κ3) is 4.52. The lowest BCUT2D eigenvalue weighted by atomic mass is 10.0. The van der Waals surface area contributed by atoms with E-state index in [0.29, 0.717) is 35.3 Å². The first-order chi connectivity index (χ1) is 12.1. The fourth-order valence-corrected chi connectivity index (χ4v) is 3.08. The summed E-state index contributed by atoms with van der Waals surface area (Å²) in [5.74, 6) is 1.42. The maximum absolute atomic E-state index is 11.1. The molecule has 1 saturated carbocycles. The van der Waals surface area contributed by atoms with Gasteiger partial charge in [0, 0.05) is 25.4 Å². The van der Waals surface area contributed by atoms with Gasteiger partial charge in [-0.2, -0.15) is 0 Å². The Morgan fingerprint density at radius 3 is 3.00 bits per heavy atom. The first kappa shape index (κ1) is 17.8. The summed E-state index contributed by atoms with van der Waals surface area (Å²) in [5, 5.41) is 3.48. The fourth-order valence-electron chi connectivity index (χ4n) is 2.73. The summed E-state index contributed by atoms with van der Waals surface area (Å²) in [6.45, 7) is 1.93. The molecule has 1 fully saturated rings. The Balaban J connectivity index is 1.63. The maximum Gasteiger partial charge on any atom is 0.208 e. The molecule has 0 aromatic carbocycles. The van der Waals surface area contributed by atoms with Crippen LogP contribution in [0.4, 0.5) is 0 Å². The average Bonchev–Trinajstić information content (AvgIpc) is 3.40. The van der Waals surface area contributed by atoms with Crippen molar-refractivity contribution < 1.29 is 9.53 Å². The van der Waals surface area contributed by atoms with Crippen LogP contribution in [0.1, 0.15) is 12.8 Å². The van der Waals surface area contributed by atoms with E-state index < -0.39 is 0 Å². The van der Waals surface area contributed by atoms with E-state index in [2.05, 4.69) is 10.3 Å². The second-order valence-corrected chi connectivity index (χ2v) is 6.96. The van der Waals surface area contributed by atoms with Gasteiger partial charge in [-0.1, -0.05) is 11.6 Å². The molecule has 134 valence electrons. The van der Waals surface area contributed by atoms with E-state index in [-0.39, 0.29) is 6.04 Å².